The van der Waals surface area contributed by atoms with Gasteiger partial charge < -0.3 is 5.73 Å². The lowest BCUT2D eigenvalue weighted by molar-refractivity contribution is 0.601. The summed E-state index contributed by atoms with van der Waals surface area (Å²) in [5.74, 6) is 0.0235. The summed E-state index contributed by atoms with van der Waals surface area (Å²) in [7, 11) is -3.02. The van der Waals surface area contributed by atoms with Crippen molar-refractivity contribution in [3.8, 4) is 11.3 Å². The van der Waals surface area contributed by atoms with Gasteiger partial charge in [0.25, 0.3) is 0 Å². The highest BCUT2D eigenvalue weighted by Gasteiger charge is 2.05. The quantitative estimate of drug-likeness (QED) is 0.914. The van der Waals surface area contributed by atoms with Crippen LogP contribution < -0.4 is 5.73 Å². The summed E-state index contributed by atoms with van der Waals surface area (Å²) < 4.78 is 22.4. The number of sulfone groups is 1. The topological polar surface area (TPSA) is 73.0 Å². The first-order valence-electron chi connectivity index (χ1n) is 6.40. The Balaban J connectivity index is 0.00000220. The van der Waals surface area contributed by atoms with Gasteiger partial charge in [-0.1, -0.05) is 30.3 Å². The molecule has 0 bridgehead atoms. The number of nitrogens with two attached hydrogens (primary N) is 1. The third-order valence-corrected chi connectivity index (χ3v) is 3.79. The Hall–Kier alpha value is -1.43. The van der Waals surface area contributed by atoms with Crippen LogP contribution in [0.4, 0.5) is 0 Å². The van der Waals surface area contributed by atoms with Crippen LogP contribution >= 0.6 is 12.4 Å². The van der Waals surface area contributed by atoms with Crippen LogP contribution in [0.5, 0.6) is 0 Å². The zero-order chi connectivity index (χ0) is 14.6. The van der Waals surface area contributed by atoms with Gasteiger partial charge in [-0.3, -0.25) is 4.98 Å². The number of hydrogen-bond acceptors (Lipinski definition) is 4. The van der Waals surface area contributed by atoms with Crippen molar-refractivity contribution < 1.29 is 8.42 Å². The van der Waals surface area contributed by atoms with E-state index < -0.39 is 9.84 Å². The number of benzene rings is 1. The summed E-state index contributed by atoms with van der Waals surface area (Å²) >= 11 is 0. The van der Waals surface area contributed by atoms with E-state index in [-0.39, 0.29) is 18.2 Å². The fraction of sp³-hybridized carbons (Fsp3) is 0.267. The van der Waals surface area contributed by atoms with E-state index in [9.17, 15) is 8.42 Å². The lowest BCUT2D eigenvalue weighted by atomic mass is 10.1. The number of rotatable bonds is 5. The van der Waals surface area contributed by atoms with Crippen molar-refractivity contribution >= 4 is 22.2 Å². The van der Waals surface area contributed by atoms with Gasteiger partial charge in [0.1, 0.15) is 0 Å². The van der Waals surface area contributed by atoms with Crippen molar-refractivity contribution in [2.45, 2.75) is 12.2 Å². The Labute approximate surface area is 131 Å². The summed E-state index contributed by atoms with van der Waals surface area (Å²) in [6, 6.07) is 11.7. The molecule has 0 aliphatic rings. The van der Waals surface area contributed by atoms with E-state index in [4.69, 9.17) is 5.73 Å². The highest BCUT2D eigenvalue weighted by molar-refractivity contribution is 7.89. The largest absolute Gasteiger partial charge is 0.330 e. The van der Waals surface area contributed by atoms with Gasteiger partial charge in [0.2, 0.25) is 0 Å². The number of hydrogen-bond donors (Lipinski definition) is 1. The normalized spacial score (nSPS) is 11.0. The van der Waals surface area contributed by atoms with E-state index in [1.807, 2.05) is 30.3 Å². The first-order chi connectivity index (χ1) is 9.48. The molecule has 6 heteroatoms. The highest BCUT2D eigenvalue weighted by atomic mass is 35.5. The third kappa shape index (κ3) is 5.46. The summed E-state index contributed by atoms with van der Waals surface area (Å²) in [5, 5.41) is 0. The second kappa shape index (κ2) is 7.54. The predicted molar refractivity (Wildman–Crippen MR) is 88.2 cm³/mol. The molecule has 0 amide bonds. The van der Waals surface area contributed by atoms with Gasteiger partial charge in [0.05, 0.1) is 11.4 Å². The van der Waals surface area contributed by atoms with Crippen LogP contribution in [0.1, 0.15) is 11.1 Å². The lowest BCUT2D eigenvalue weighted by Gasteiger charge is -2.04. The molecular formula is C15H19ClN2O2S. The molecular weight excluding hydrogens is 308 g/mol. The minimum absolute atomic E-state index is 0. The second-order valence-electron chi connectivity index (χ2n) is 4.86. The standard InChI is InChI=1S/C15H18N2O2S.ClH/c1-20(18,19)11-13-4-7-15(17-10-13)14-5-2-12(3-6-14)8-9-16;/h2-7,10H,8-9,11,16H2,1H3;1H. The molecule has 0 fully saturated rings. The van der Waals surface area contributed by atoms with Gasteiger partial charge in [0.15, 0.2) is 9.84 Å². The van der Waals surface area contributed by atoms with Crippen molar-refractivity contribution in [1.82, 2.24) is 4.98 Å². The van der Waals surface area contributed by atoms with E-state index >= 15 is 0 Å². The van der Waals surface area contributed by atoms with Crippen LogP contribution in [0, 0.1) is 0 Å². The highest BCUT2D eigenvalue weighted by Crippen LogP contribution is 2.18. The van der Waals surface area contributed by atoms with E-state index in [1.165, 1.54) is 11.8 Å². The van der Waals surface area contributed by atoms with Gasteiger partial charge >= 0.3 is 0 Å². The number of nitrogens with zero attached hydrogens (tertiary/aromatic N) is 1. The van der Waals surface area contributed by atoms with Crippen LogP contribution in [-0.4, -0.2) is 26.2 Å². The maximum absolute atomic E-state index is 11.2. The molecule has 0 spiro atoms. The molecule has 0 saturated heterocycles. The summed E-state index contributed by atoms with van der Waals surface area (Å²) in [4.78, 5) is 4.32. The summed E-state index contributed by atoms with van der Waals surface area (Å²) in [6.07, 6.45) is 3.70. The van der Waals surface area contributed by atoms with Crippen molar-refractivity contribution in [3.63, 3.8) is 0 Å². The fourth-order valence-electron chi connectivity index (χ4n) is 1.99. The zero-order valence-electron chi connectivity index (χ0n) is 11.8. The summed E-state index contributed by atoms with van der Waals surface area (Å²) in [5.41, 5.74) is 9.26. The Kier molecular flexibility index (Phi) is 6.33. The average molecular weight is 327 g/mol. The molecule has 0 aliphatic carbocycles. The van der Waals surface area contributed by atoms with Gasteiger partial charge in [-0.25, -0.2) is 8.42 Å². The molecule has 1 aromatic carbocycles. The molecule has 21 heavy (non-hydrogen) atoms. The molecule has 0 aliphatic heterocycles. The maximum Gasteiger partial charge on any atom is 0.151 e. The second-order valence-corrected chi connectivity index (χ2v) is 7.00. The molecule has 0 atom stereocenters. The number of pyridine rings is 1. The number of aromatic nitrogens is 1. The maximum atomic E-state index is 11.2. The minimum atomic E-state index is -3.02. The lowest BCUT2D eigenvalue weighted by Crippen LogP contribution is -2.02. The molecule has 1 aromatic heterocycles. The van der Waals surface area contributed by atoms with E-state index in [0.717, 1.165) is 17.7 Å². The summed E-state index contributed by atoms with van der Waals surface area (Å²) in [6.45, 7) is 0.637. The first kappa shape index (κ1) is 17.6. The van der Waals surface area contributed by atoms with Crippen molar-refractivity contribution in [1.29, 1.82) is 0 Å². The Morgan fingerprint density at radius 3 is 2.14 bits per heavy atom. The smallest absolute Gasteiger partial charge is 0.151 e. The third-order valence-electron chi connectivity index (χ3n) is 2.94. The van der Waals surface area contributed by atoms with Crippen LogP contribution in [-0.2, 0) is 22.0 Å². The first-order valence-corrected chi connectivity index (χ1v) is 8.46. The number of halogens is 1. The van der Waals surface area contributed by atoms with Crippen LogP contribution in [0.25, 0.3) is 11.3 Å². The fourth-order valence-corrected chi connectivity index (χ4v) is 2.77. The van der Waals surface area contributed by atoms with E-state index in [0.29, 0.717) is 12.1 Å². The zero-order valence-corrected chi connectivity index (χ0v) is 13.5. The molecule has 2 rings (SSSR count). The Morgan fingerprint density at radius 2 is 1.67 bits per heavy atom. The predicted octanol–water partition coefficient (Wildman–Crippen LogP) is 2.22. The van der Waals surface area contributed by atoms with Gasteiger partial charge in [0, 0.05) is 18.0 Å². The van der Waals surface area contributed by atoms with Crippen LogP contribution in [0.15, 0.2) is 42.6 Å². The molecule has 114 valence electrons. The van der Waals surface area contributed by atoms with Crippen molar-refractivity contribution in [2.75, 3.05) is 12.8 Å². The molecule has 0 radical (unpaired) electrons. The molecule has 0 unspecified atom stereocenters. The average Bonchev–Trinajstić information content (AvgIpc) is 2.39. The van der Waals surface area contributed by atoms with Crippen molar-refractivity contribution in [3.05, 3.63) is 53.7 Å². The van der Waals surface area contributed by atoms with Gasteiger partial charge in [-0.05, 0) is 30.2 Å². The molecule has 1 heterocycles. The van der Waals surface area contributed by atoms with Crippen LogP contribution in [0.3, 0.4) is 0 Å². The Bertz CT molecular complexity index is 668. The SMILES string of the molecule is CS(=O)(=O)Cc1ccc(-c2ccc(CCN)cc2)nc1.Cl. The van der Waals surface area contributed by atoms with Crippen LogP contribution in [0.2, 0.25) is 0 Å². The monoisotopic (exact) mass is 326 g/mol. The van der Waals surface area contributed by atoms with Gasteiger partial charge in [-0.2, -0.15) is 0 Å². The van der Waals surface area contributed by atoms with Crippen molar-refractivity contribution in [2.24, 2.45) is 5.73 Å². The molecule has 2 N–H and O–H groups in total. The van der Waals surface area contributed by atoms with E-state index in [1.54, 1.807) is 12.3 Å². The Morgan fingerprint density at radius 1 is 1.05 bits per heavy atom. The van der Waals surface area contributed by atoms with E-state index in [2.05, 4.69) is 4.98 Å². The minimum Gasteiger partial charge on any atom is -0.330 e. The van der Waals surface area contributed by atoms with Gasteiger partial charge in [-0.15, -0.1) is 12.4 Å². The molecule has 0 saturated carbocycles. The molecule has 2 aromatic rings. The molecule has 4 nitrogen and oxygen atoms in total.